The number of urea groups is 1. The van der Waals surface area contributed by atoms with Gasteiger partial charge in [-0.3, -0.25) is 5.32 Å². The van der Waals surface area contributed by atoms with E-state index in [0.29, 0.717) is 11.9 Å². The average molecular weight is 245 g/mol. The zero-order valence-corrected chi connectivity index (χ0v) is 10.7. The molecular weight excluding hydrogens is 226 g/mol. The standard InChI is InChI=1S/C14H19N3O/c1-17(13(10-5-6-10)11-7-8-11)14(18)16-12-4-2-3-9-15-12/h2-4,9-11,13H,5-8H2,1H3,(H,15,16,18). The summed E-state index contributed by atoms with van der Waals surface area (Å²) in [6.07, 6.45) is 6.81. The normalized spacial score (nSPS) is 18.8. The van der Waals surface area contributed by atoms with Gasteiger partial charge in [-0.05, 0) is 49.7 Å². The molecule has 2 aliphatic carbocycles. The van der Waals surface area contributed by atoms with Crippen LogP contribution in [0.25, 0.3) is 0 Å². The van der Waals surface area contributed by atoms with E-state index in [0.717, 1.165) is 11.8 Å². The molecule has 3 rings (SSSR count). The van der Waals surface area contributed by atoms with Gasteiger partial charge in [-0.1, -0.05) is 6.07 Å². The maximum Gasteiger partial charge on any atom is 0.323 e. The average Bonchev–Trinajstić information content (AvgIpc) is 3.25. The van der Waals surface area contributed by atoms with Crippen LogP contribution in [0.15, 0.2) is 24.4 Å². The van der Waals surface area contributed by atoms with Gasteiger partial charge in [-0.2, -0.15) is 0 Å². The first-order valence-corrected chi connectivity index (χ1v) is 6.70. The molecule has 0 aliphatic heterocycles. The van der Waals surface area contributed by atoms with Crippen molar-refractivity contribution in [2.24, 2.45) is 11.8 Å². The first-order chi connectivity index (χ1) is 8.75. The SMILES string of the molecule is CN(C(=O)Nc1ccccn1)C(C1CC1)C1CC1. The highest BCUT2D eigenvalue weighted by atomic mass is 16.2. The minimum absolute atomic E-state index is 0.0301. The van der Waals surface area contributed by atoms with Crippen molar-refractivity contribution in [1.29, 1.82) is 0 Å². The highest BCUT2D eigenvalue weighted by molar-refractivity contribution is 5.88. The number of nitrogens with one attached hydrogen (secondary N) is 1. The van der Waals surface area contributed by atoms with Gasteiger partial charge in [0.25, 0.3) is 0 Å². The molecule has 0 aromatic carbocycles. The predicted molar refractivity (Wildman–Crippen MR) is 70.3 cm³/mol. The van der Waals surface area contributed by atoms with Crippen molar-refractivity contribution >= 4 is 11.8 Å². The minimum Gasteiger partial charge on any atom is -0.324 e. The number of carbonyl (C=O) groups excluding carboxylic acids is 1. The monoisotopic (exact) mass is 245 g/mol. The molecule has 96 valence electrons. The summed E-state index contributed by atoms with van der Waals surface area (Å²) in [5.41, 5.74) is 0. The maximum atomic E-state index is 12.2. The summed E-state index contributed by atoms with van der Waals surface area (Å²) < 4.78 is 0. The Morgan fingerprint density at radius 2 is 2.00 bits per heavy atom. The zero-order chi connectivity index (χ0) is 12.5. The van der Waals surface area contributed by atoms with Crippen molar-refractivity contribution in [2.75, 3.05) is 12.4 Å². The second-order valence-electron chi connectivity index (χ2n) is 5.42. The summed E-state index contributed by atoms with van der Waals surface area (Å²) in [4.78, 5) is 18.2. The molecule has 4 nitrogen and oxygen atoms in total. The van der Waals surface area contributed by atoms with E-state index in [-0.39, 0.29) is 6.03 Å². The van der Waals surface area contributed by atoms with Crippen LogP contribution in [0.5, 0.6) is 0 Å². The fraction of sp³-hybridized carbons (Fsp3) is 0.571. The van der Waals surface area contributed by atoms with Crippen LogP contribution in [0.4, 0.5) is 10.6 Å². The van der Waals surface area contributed by atoms with E-state index < -0.39 is 0 Å². The van der Waals surface area contributed by atoms with Crippen LogP contribution < -0.4 is 5.32 Å². The molecule has 2 fully saturated rings. The van der Waals surface area contributed by atoms with Crippen LogP contribution in [-0.4, -0.2) is 29.0 Å². The number of pyridine rings is 1. The number of hydrogen-bond donors (Lipinski definition) is 1. The van der Waals surface area contributed by atoms with Crippen molar-refractivity contribution in [2.45, 2.75) is 31.7 Å². The van der Waals surface area contributed by atoms with Crippen LogP contribution in [0.3, 0.4) is 0 Å². The molecule has 2 amide bonds. The lowest BCUT2D eigenvalue weighted by molar-refractivity contribution is 0.187. The van der Waals surface area contributed by atoms with Gasteiger partial charge in [-0.25, -0.2) is 9.78 Å². The number of rotatable bonds is 4. The Labute approximate surface area is 107 Å². The lowest BCUT2D eigenvalue weighted by Gasteiger charge is -2.28. The Hall–Kier alpha value is -1.58. The molecule has 1 aromatic rings. The molecule has 0 spiro atoms. The van der Waals surface area contributed by atoms with E-state index in [1.807, 2.05) is 30.1 Å². The summed E-state index contributed by atoms with van der Waals surface area (Å²) in [7, 11) is 1.92. The predicted octanol–water partition coefficient (Wildman–Crippen LogP) is 2.73. The molecule has 0 radical (unpaired) electrons. The van der Waals surface area contributed by atoms with Gasteiger partial charge in [0.15, 0.2) is 0 Å². The molecule has 2 saturated carbocycles. The molecule has 18 heavy (non-hydrogen) atoms. The van der Waals surface area contributed by atoms with Crippen molar-refractivity contribution in [3.05, 3.63) is 24.4 Å². The van der Waals surface area contributed by atoms with Gasteiger partial charge in [0.1, 0.15) is 5.82 Å². The summed E-state index contributed by atoms with van der Waals surface area (Å²) in [5.74, 6) is 2.09. The Morgan fingerprint density at radius 3 is 2.50 bits per heavy atom. The molecular formula is C14H19N3O. The van der Waals surface area contributed by atoms with Crippen LogP contribution in [0, 0.1) is 11.8 Å². The number of aromatic nitrogens is 1. The molecule has 1 aromatic heterocycles. The molecule has 0 atom stereocenters. The largest absolute Gasteiger partial charge is 0.324 e. The summed E-state index contributed by atoms with van der Waals surface area (Å²) >= 11 is 0. The molecule has 0 saturated heterocycles. The zero-order valence-electron chi connectivity index (χ0n) is 10.7. The van der Waals surface area contributed by atoms with E-state index in [1.54, 1.807) is 6.20 Å². The lowest BCUT2D eigenvalue weighted by Crippen LogP contribution is -2.42. The van der Waals surface area contributed by atoms with Gasteiger partial charge >= 0.3 is 6.03 Å². The Balaban J connectivity index is 1.64. The molecule has 4 heteroatoms. The van der Waals surface area contributed by atoms with E-state index in [2.05, 4.69) is 10.3 Å². The molecule has 1 heterocycles. The topological polar surface area (TPSA) is 45.2 Å². The number of nitrogens with zero attached hydrogens (tertiary/aromatic N) is 2. The summed E-state index contributed by atoms with van der Waals surface area (Å²) in [6, 6.07) is 5.94. The van der Waals surface area contributed by atoms with E-state index in [1.165, 1.54) is 25.7 Å². The molecule has 0 unspecified atom stereocenters. The van der Waals surface area contributed by atoms with E-state index in [4.69, 9.17) is 0 Å². The first kappa shape index (κ1) is 11.5. The maximum absolute atomic E-state index is 12.2. The third-order valence-corrected chi connectivity index (χ3v) is 3.88. The van der Waals surface area contributed by atoms with Crippen molar-refractivity contribution < 1.29 is 4.79 Å². The third-order valence-electron chi connectivity index (χ3n) is 3.88. The second-order valence-corrected chi connectivity index (χ2v) is 5.42. The molecule has 0 bridgehead atoms. The molecule has 2 aliphatic rings. The van der Waals surface area contributed by atoms with Gasteiger partial charge in [-0.15, -0.1) is 0 Å². The summed E-state index contributed by atoms with van der Waals surface area (Å²) in [5, 5.41) is 2.86. The highest BCUT2D eigenvalue weighted by Crippen LogP contribution is 2.46. The van der Waals surface area contributed by atoms with Crippen LogP contribution >= 0.6 is 0 Å². The van der Waals surface area contributed by atoms with Crippen LogP contribution in [0.2, 0.25) is 0 Å². The van der Waals surface area contributed by atoms with Gasteiger partial charge < -0.3 is 4.90 Å². The van der Waals surface area contributed by atoms with E-state index in [9.17, 15) is 4.79 Å². The number of hydrogen-bond acceptors (Lipinski definition) is 2. The van der Waals surface area contributed by atoms with Crippen molar-refractivity contribution in [1.82, 2.24) is 9.88 Å². The number of amides is 2. The third kappa shape index (κ3) is 2.47. The smallest absolute Gasteiger partial charge is 0.323 e. The minimum atomic E-state index is -0.0301. The van der Waals surface area contributed by atoms with Gasteiger partial charge in [0.2, 0.25) is 0 Å². The number of anilines is 1. The first-order valence-electron chi connectivity index (χ1n) is 6.70. The number of carbonyl (C=O) groups is 1. The fourth-order valence-corrected chi connectivity index (χ4v) is 2.66. The fourth-order valence-electron chi connectivity index (χ4n) is 2.66. The van der Waals surface area contributed by atoms with Crippen molar-refractivity contribution in [3.63, 3.8) is 0 Å². The van der Waals surface area contributed by atoms with Crippen molar-refractivity contribution in [3.8, 4) is 0 Å². The molecule has 1 N–H and O–H groups in total. The quantitative estimate of drug-likeness (QED) is 0.886. The van der Waals surface area contributed by atoms with E-state index >= 15 is 0 Å². The summed E-state index contributed by atoms with van der Waals surface area (Å²) in [6.45, 7) is 0. The lowest BCUT2D eigenvalue weighted by atomic mass is 10.1. The van der Waals surface area contributed by atoms with Crippen LogP contribution in [0.1, 0.15) is 25.7 Å². The Bertz CT molecular complexity index is 414. The van der Waals surface area contributed by atoms with Crippen LogP contribution in [-0.2, 0) is 0 Å². The Kier molecular flexibility index (Phi) is 2.94. The van der Waals surface area contributed by atoms with Gasteiger partial charge in [0.05, 0.1) is 0 Å². The highest BCUT2D eigenvalue weighted by Gasteiger charge is 2.44. The Morgan fingerprint density at radius 1 is 1.33 bits per heavy atom. The second kappa shape index (κ2) is 4.59. The van der Waals surface area contributed by atoms with Gasteiger partial charge in [0, 0.05) is 19.3 Å².